The van der Waals surface area contributed by atoms with Gasteiger partial charge in [-0.15, -0.1) is 0 Å². The summed E-state index contributed by atoms with van der Waals surface area (Å²) in [6.07, 6.45) is 2.51. The van der Waals surface area contributed by atoms with Crippen molar-refractivity contribution in [2.24, 2.45) is 0 Å². The Bertz CT molecular complexity index is 1110. The van der Waals surface area contributed by atoms with Crippen LogP contribution in [0.3, 0.4) is 0 Å². The van der Waals surface area contributed by atoms with Gasteiger partial charge in [-0.25, -0.2) is 0 Å². The molecule has 2 aromatic rings. The molecule has 7 nitrogen and oxygen atoms in total. The van der Waals surface area contributed by atoms with Gasteiger partial charge in [-0.3, -0.25) is 19.3 Å². The maximum Gasteiger partial charge on any atom is 0.294 e. The van der Waals surface area contributed by atoms with Crippen LogP contribution in [-0.2, 0) is 9.59 Å². The Kier molecular flexibility index (Phi) is 7.81. The van der Waals surface area contributed by atoms with E-state index in [2.05, 4.69) is 5.32 Å². The third-order valence-electron chi connectivity index (χ3n) is 5.44. The van der Waals surface area contributed by atoms with Crippen LogP contribution in [0.2, 0.25) is 0 Å². The van der Waals surface area contributed by atoms with Gasteiger partial charge >= 0.3 is 0 Å². The van der Waals surface area contributed by atoms with E-state index in [1.165, 1.54) is 0 Å². The molecule has 1 aliphatic rings. The second-order valence-corrected chi connectivity index (χ2v) is 8.80. The van der Waals surface area contributed by atoms with Gasteiger partial charge in [-0.2, -0.15) is 0 Å². The number of anilines is 1. The van der Waals surface area contributed by atoms with E-state index in [0.29, 0.717) is 22.7 Å². The van der Waals surface area contributed by atoms with Crippen molar-refractivity contribution in [3.63, 3.8) is 0 Å². The van der Waals surface area contributed by atoms with Crippen LogP contribution in [0.5, 0.6) is 11.5 Å². The fraction of sp³-hybridized carbons (Fsp3) is 0.320. The Balaban J connectivity index is 1.72. The summed E-state index contributed by atoms with van der Waals surface area (Å²) in [7, 11) is 1.55. The van der Waals surface area contributed by atoms with E-state index >= 15 is 0 Å². The van der Waals surface area contributed by atoms with E-state index in [1.54, 1.807) is 37.5 Å². The van der Waals surface area contributed by atoms with E-state index in [9.17, 15) is 14.4 Å². The van der Waals surface area contributed by atoms with Crippen molar-refractivity contribution in [1.29, 1.82) is 0 Å². The van der Waals surface area contributed by atoms with Gasteiger partial charge in [0.1, 0.15) is 6.54 Å². The number of hydrogen-bond acceptors (Lipinski definition) is 6. The van der Waals surface area contributed by atoms with E-state index in [4.69, 9.17) is 9.47 Å². The SMILES string of the molecule is CC[C@@H](C)Oc1ccc(/C=C2\SC(=O)N(CC(=O)Nc3cccc(C)c3C)C2=O)cc1OC. The molecule has 1 fully saturated rings. The first-order valence-electron chi connectivity index (χ1n) is 10.7. The van der Waals surface area contributed by atoms with Gasteiger partial charge in [0, 0.05) is 5.69 Å². The molecule has 174 valence electrons. The normalized spacial score (nSPS) is 15.7. The molecule has 0 radical (unpaired) electrons. The van der Waals surface area contributed by atoms with Gasteiger partial charge in [0.25, 0.3) is 11.1 Å². The molecule has 2 aromatic carbocycles. The van der Waals surface area contributed by atoms with Gasteiger partial charge in [-0.05, 0) is 79.9 Å². The molecular formula is C25H28N2O5S. The number of rotatable bonds is 8. The summed E-state index contributed by atoms with van der Waals surface area (Å²) in [6, 6.07) is 10.9. The number of imide groups is 1. The minimum Gasteiger partial charge on any atom is -0.493 e. The highest BCUT2D eigenvalue weighted by atomic mass is 32.2. The lowest BCUT2D eigenvalue weighted by molar-refractivity contribution is -0.127. The maximum absolute atomic E-state index is 12.8. The minimum absolute atomic E-state index is 0.0379. The molecule has 3 amide bonds. The summed E-state index contributed by atoms with van der Waals surface area (Å²) in [5.41, 5.74) is 3.33. The van der Waals surface area contributed by atoms with Crippen LogP contribution >= 0.6 is 11.8 Å². The number of nitrogens with zero attached hydrogens (tertiary/aromatic N) is 1. The van der Waals surface area contributed by atoms with Crippen molar-refractivity contribution in [3.05, 3.63) is 58.0 Å². The zero-order chi connectivity index (χ0) is 24.1. The number of amides is 3. The molecule has 0 bridgehead atoms. The molecule has 0 spiro atoms. The standard InChI is InChI=1S/C25H28N2O5S/c1-6-16(3)32-20-11-10-18(12-21(20)31-5)13-22-24(29)27(25(30)33-22)14-23(28)26-19-9-7-8-15(2)17(19)4/h7-13,16H,6,14H2,1-5H3,(H,26,28)/b22-13-/t16-/m1/s1. The Labute approximate surface area is 198 Å². The smallest absolute Gasteiger partial charge is 0.294 e. The highest BCUT2D eigenvalue weighted by Crippen LogP contribution is 2.35. The zero-order valence-corrected chi connectivity index (χ0v) is 20.2. The van der Waals surface area contributed by atoms with Crippen LogP contribution in [0.1, 0.15) is 37.0 Å². The molecule has 3 rings (SSSR count). The van der Waals surface area contributed by atoms with Crippen LogP contribution in [0, 0.1) is 13.8 Å². The van der Waals surface area contributed by atoms with Gasteiger partial charge in [-0.1, -0.05) is 25.1 Å². The maximum atomic E-state index is 12.8. The van der Waals surface area contributed by atoms with Crippen LogP contribution in [0.15, 0.2) is 41.3 Å². The number of benzene rings is 2. The Hall–Kier alpha value is -3.26. The molecule has 0 saturated carbocycles. The number of methoxy groups -OCH3 is 1. The minimum atomic E-state index is -0.500. The molecule has 0 unspecified atom stereocenters. The molecular weight excluding hydrogens is 440 g/mol. The first kappa shape index (κ1) is 24.4. The highest BCUT2D eigenvalue weighted by molar-refractivity contribution is 8.18. The second kappa shape index (κ2) is 10.6. The van der Waals surface area contributed by atoms with Crippen molar-refractivity contribution in [2.75, 3.05) is 19.0 Å². The average molecular weight is 469 g/mol. The van der Waals surface area contributed by atoms with Crippen molar-refractivity contribution < 1.29 is 23.9 Å². The summed E-state index contributed by atoms with van der Waals surface area (Å²) in [5, 5.41) is 2.30. The Morgan fingerprint density at radius 1 is 1.18 bits per heavy atom. The second-order valence-electron chi connectivity index (χ2n) is 7.81. The number of ether oxygens (including phenoxy) is 2. The largest absolute Gasteiger partial charge is 0.493 e. The van der Waals surface area contributed by atoms with E-state index < -0.39 is 17.1 Å². The molecule has 1 heterocycles. The predicted octanol–water partition coefficient (Wildman–Crippen LogP) is 5.16. The summed E-state index contributed by atoms with van der Waals surface area (Å²) in [6.45, 7) is 7.51. The fourth-order valence-electron chi connectivity index (χ4n) is 3.18. The first-order chi connectivity index (χ1) is 15.7. The van der Waals surface area contributed by atoms with Crippen LogP contribution in [-0.4, -0.2) is 41.7 Å². The number of nitrogens with one attached hydrogen (secondary N) is 1. The van der Waals surface area contributed by atoms with Gasteiger partial charge in [0.2, 0.25) is 5.91 Å². The monoisotopic (exact) mass is 468 g/mol. The number of carbonyl (C=O) groups is 3. The molecule has 1 N–H and O–H groups in total. The zero-order valence-electron chi connectivity index (χ0n) is 19.4. The summed E-state index contributed by atoms with van der Waals surface area (Å²) >= 11 is 0.809. The van der Waals surface area contributed by atoms with Crippen LogP contribution < -0.4 is 14.8 Å². The predicted molar refractivity (Wildman–Crippen MR) is 131 cm³/mol. The van der Waals surface area contributed by atoms with Gasteiger partial charge < -0.3 is 14.8 Å². The van der Waals surface area contributed by atoms with E-state index in [-0.39, 0.29) is 17.6 Å². The van der Waals surface area contributed by atoms with E-state index in [1.807, 2.05) is 39.8 Å². The molecule has 1 saturated heterocycles. The quantitative estimate of drug-likeness (QED) is 0.539. The molecule has 0 aromatic heterocycles. The molecule has 8 heteroatoms. The lowest BCUT2D eigenvalue weighted by Crippen LogP contribution is -2.36. The van der Waals surface area contributed by atoms with Crippen molar-refractivity contribution in [3.8, 4) is 11.5 Å². The van der Waals surface area contributed by atoms with Crippen LogP contribution in [0.4, 0.5) is 10.5 Å². The third kappa shape index (κ3) is 5.76. The topological polar surface area (TPSA) is 84.9 Å². The third-order valence-corrected chi connectivity index (χ3v) is 6.35. The lowest BCUT2D eigenvalue weighted by atomic mass is 10.1. The van der Waals surface area contributed by atoms with Crippen molar-refractivity contribution >= 4 is 40.6 Å². The van der Waals surface area contributed by atoms with Gasteiger partial charge in [0.15, 0.2) is 11.5 Å². The lowest BCUT2D eigenvalue weighted by Gasteiger charge is -2.16. The summed E-state index contributed by atoms with van der Waals surface area (Å²) < 4.78 is 11.3. The first-order valence-corrected chi connectivity index (χ1v) is 11.5. The molecule has 0 aliphatic carbocycles. The fourth-order valence-corrected chi connectivity index (χ4v) is 4.02. The molecule has 1 aliphatic heterocycles. The van der Waals surface area contributed by atoms with Crippen molar-refractivity contribution in [2.45, 2.75) is 40.2 Å². The summed E-state index contributed by atoms with van der Waals surface area (Å²) in [4.78, 5) is 38.9. The Morgan fingerprint density at radius 3 is 2.64 bits per heavy atom. The number of hydrogen-bond donors (Lipinski definition) is 1. The van der Waals surface area contributed by atoms with Crippen LogP contribution in [0.25, 0.3) is 6.08 Å². The average Bonchev–Trinajstić information content (AvgIpc) is 3.05. The highest BCUT2D eigenvalue weighted by Gasteiger charge is 2.36. The molecule has 1 atom stereocenters. The van der Waals surface area contributed by atoms with Gasteiger partial charge in [0.05, 0.1) is 18.1 Å². The number of carbonyl (C=O) groups excluding carboxylic acids is 3. The Morgan fingerprint density at radius 2 is 1.94 bits per heavy atom. The molecule has 33 heavy (non-hydrogen) atoms. The van der Waals surface area contributed by atoms with E-state index in [0.717, 1.165) is 34.2 Å². The number of thioether (sulfide) groups is 1. The summed E-state index contributed by atoms with van der Waals surface area (Å²) in [5.74, 6) is 0.219. The number of aryl methyl sites for hydroxylation is 1. The van der Waals surface area contributed by atoms with Crippen molar-refractivity contribution in [1.82, 2.24) is 4.90 Å².